The van der Waals surface area contributed by atoms with E-state index in [-0.39, 0.29) is 0 Å². The molecule has 1 aromatic carbocycles. The average molecular weight is 271 g/mol. The second-order valence-electron chi connectivity index (χ2n) is 3.53. The summed E-state index contributed by atoms with van der Waals surface area (Å²) in [7, 11) is 0. The van der Waals surface area contributed by atoms with E-state index in [1.807, 2.05) is 6.92 Å². The molecule has 17 heavy (non-hydrogen) atoms. The Bertz CT molecular complexity index is 541. The highest BCUT2D eigenvalue weighted by atomic mass is 35.5. The molecule has 2 rings (SSSR count). The number of esters is 1. The molecule has 0 amide bonds. The third kappa shape index (κ3) is 2.56. The van der Waals surface area contributed by atoms with Crippen molar-refractivity contribution in [1.82, 2.24) is 9.59 Å². The van der Waals surface area contributed by atoms with Gasteiger partial charge < -0.3 is 4.74 Å². The van der Waals surface area contributed by atoms with Gasteiger partial charge in [-0.2, -0.15) is 0 Å². The van der Waals surface area contributed by atoms with Crippen LogP contribution in [0.3, 0.4) is 0 Å². The van der Waals surface area contributed by atoms with Crippen LogP contribution in [-0.2, 0) is 4.74 Å². The van der Waals surface area contributed by atoms with Gasteiger partial charge in [-0.15, -0.1) is 5.10 Å². The summed E-state index contributed by atoms with van der Waals surface area (Å²) in [5.41, 5.74) is 0.831. The number of hydrogen-bond acceptors (Lipinski definition) is 5. The molecule has 1 heterocycles. The molecule has 0 saturated heterocycles. The second-order valence-corrected chi connectivity index (χ2v) is 4.72. The van der Waals surface area contributed by atoms with E-state index in [1.165, 1.54) is 11.5 Å². The summed E-state index contributed by atoms with van der Waals surface area (Å²) in [6, 6.07) is 3.46. The van der Waals surface area contributed by atoms with Gasteiger partial charge in [0.15, 0.2) is 0 Å². The van der Waals surface area contributed by atoms with Crippen LogP contribution in [0.5, 0.6) is 0 Å². The molecule has 0 N–H and O–H groups in total. The molecule has 0 aliphatic heterocycles. The van der Waals surface area contributed by atoms with E-state index in [4.69, 9.17) is 16.3 Å². The molecule has 2 aromatic rings. The average Bonchev–Trinajstić information content (AvgIpc) is 2.77. The number of rotatable bonds is 4. The summed E-state index contributed by atoms with van der Waals surface area (Å²) < 4.78 is 9.78. The van der Waals surface area contributed by atoms with Gasteiger partial charge in [0.2, 0.25) is 0 Å². The Morgan fingerprint density at radius 2 is 2.35 bits per heavy atom. The van der Waals surface area contributed by atoms with Gasteiger partial charge in [-0.3, -0.25) is 0 Å². The molecule has 0 aliphatic carbocycles. The highest BCUT2D eigenvalue weighted by molar-refractivity contribution is 7.13. The lowest BCUT2D eigenvalue weighted by molar-refractivity contribution is 0.0502. The molecule has 0 unspecified atom stereocenters. The number of hydrogen-bond donors (Lipinski definition) is 0. The number of carbonyl (C=O) groups is 1. The molecule has 90 valence electrons. The normalized spacial score (nSPS) is 10.7. The van der Waals surface area contributed by atoms with Crippen molar-refractivity contribution in [1.29, 1.82) is 0 Å². The number of benzene rings is 1. The van der Waals surface area contributed by atoms with Crippen LogP contribution in [0.25, 0.3) is 10.2 Å². The van der Waals surface area contributed by atoms with Crippen LogP contribution in [-0.4, -0.2) is 22.2 Å². The van der Waals surface area contributed by atoms with Crippen molar-refractivity contribution in [2.45, 2.75) is 19.8 Å². The standard InChI is InChI=1S/C11H11ClN2O2S/c1-2-3-6-16-11(15)9-7(12)4-5-8-10(9)13-14-17-8/h4-5H,2-3,6H2,1H3. The Hall–Kier alpha value is -1.20. The fraction of sp³-hybridized carbons (Fsp3) is 0.364. The van der Waals surface area contributed by atoms with Crippen molar-refractivity contribution in [2.75, 3.05) is 6.61 Å². The predicted octanol–water partition coefficient (Wildman–Crippen LogP) is 3.30. The zero-order valence-electron chi connectivity index (χ0n) is 9.27. The van der Waals surface area contributed by atoms with Crippen LogP contribution in [0.1, 0.15) is 30.1 Å². The smallest absolute Gasteiger partial charge is 0.341 e. The molecule has 0 radical (unpaired) electrons. The third-order valence-electron chi connectivity index (χ3n) is 2.31. The highest BCUT2D eigenvalue weighted by Gasteiger charge is 2.18. The first-order valence-electron chi connectivity index (χ1n) is 5.31. The number of nitrogens with zero attached hydrogens (tertiary/aromatic N) is 2. The molecule has 0 bridgehead atoms. The van der Waals surface area contributed by atoms with Gasteiger partial charge in [-0.05, 0) is 30.1 Å². The molecule has 0 saturated carbocycles. The van der Waals surface area contributed by atoms with Gasteiger partial charge in [0.25, 0.3) is 0 Å². The summed E-state index contributed by atoms with van der Waals surface area (Å²) in [4.78, 5) is 11.9. The van der Waals surface area contributed by atoms with Crippen LogP contribution >= 0.6 is 23.1 Å². The van der Waals surface area contributed by atoms with E-state index in [1.54, 1.807) is 12.1 Å². The number of aromatic nitrogens is 2. The van der Waals surface area contributed by atoms with E-state index in [9.17, 15) is 4.79 Å². The lowest BCUT2D eigenvalue weighted by atomic mass is 10.2. The summed E-state index contributed by atoms with van der Waals surface area (Å²) in [6.07, 6.45) is 1.82. The second kappa shape index (κ2) is 5.42. The maximum absolute atomic E-state index is 11.9. The van der Waals surface area contributed by atoms with E-state index in [0.29, 0.717) is 22.7 Å². The SMILES string of the molecule is CCCCOC(=O)c1c(Cl)ccc2snnc12. The highest BCUT2D eigenvalue weighted by Crippen LogP contribution is 2.27. The topological polar surface area (TPSA) is 52.1 Å². The molecular formula is C11H11ClN2O2S. The first-order chi connectivity index (χ1) is 8.24. The van der Waals surface area contributed by atoms with Gasteiger partial charge in [-0.25, -0.2) is 4.79 Å². The monoisotopic (exact) mass is 270 g/mol. The largest absolute Gasteiger partial charge is 0.462 e. The Kier molecular flexibility index (Phi) is 3.91. The van der Waals surface area contributed by atoms with Crippen molar-refractivity contribution < 1.29 is 9.53 Å². The molecule has 0 aliphatic rings. The molecule has 1 aromatic heterocycles. The van der Waals surface area contributed by atoms with Gasteiger partial charge in [0.1, 0.15) is 11.1 Å². The molecule has 4 nitrogen and oxygen atoms in total. The summed E-state index contributed by atoms with van der Waals surface area (Å²) in [6.45, 7) is 2.44. The van der Waals surface area contributed by atoms with Crippen molar-refractivity contribution in [3.05, 3.63) is 22.7 Å². The molecular weight excluding hydrogens is 260 g/mol. The van der Waals surface area contributed by atoms with E-state index in [2.05, 4.69) is 9.59 Å². The molecule has 6 heteroatoms. The van der Waals surface area contributed by atoms with Crippen molar-refractivity contribution in [3.8, 4) is 0 Å². The van der Waals surface area contributed by atoms with Gasteiger partial charge >= 0.3 is 5.97 Å². The molecule has 0 fully saturated rings. The van der Waals surface area contributed by atoms with Crippen LogP contribution in [0.2, 0.25) is 5.02 Å². The lowest BCUT2D eigenvalue weighted by Gasteiger charge is -2.05. The zero-order valence-corrected chi connectivity index (χ0v) is 10.8. The first kappa shape index (κ1) is 12.3. The summed E-state index contributed by atoms with van der Waals surface area (Å²) in [5.74, 6) is -0.429. The van der Waals surface area contributed by atoms with Crippen molar-refractivity contribution in [2.24, 2.45) is 0 Å². The van der Waals surface area contributed by atoms with Gasteiger partial charge in [-0.1, -0.05) is 29.4 Å². The molecule has 0 atom stereocenters. The fourth-order valence-corrected chi connectivity index (χ4v) is 2.20. The van der Waals surface area contributed by atoms with Crippen LogP contribution in [0, 0.1) is 0 Å². The Morgan fingerprint density at radius 3 is 3.12 bits per heavy atom. The summed E-state index contributed by atoms with van der Waals surface area (Å²) in [5, 5.41) is 4.27. The van der Waals surface area contributed by atoms with Gasteiger partial charge in [0.05, 0.1) is 16.3 Å². The number of halogens is 1. The number of carbonyl (C=O) groups excluding carboxylic acids is 1. The predicted molar refractivity (Wildman–Crippen MR) is 67.6 cm³/mol. The summed E-state index contributed by atoms with van der Waals surface area (Å²) >= 11 is 7.23. The minimum Gasteiger partial charge on any atom is -0.462 e. The minimum absolute atomic E-state index is 0.314. The zero-order chi connectivity index (χ0) is 12.3. The number of unbranched alkanes of at least 4 members (excludes halogenated alkanes) is 1. The van der Waals surface area contributed by atoms with E-state index < -0.39 is 5.97 Å². The van der Waals surface area contributed by atoms with Crippen LogP contribution in [0.15, 0.2) is 12.1 Å². The van der Waals surface area contributed by atoms with E-state index in [0.717, 1.165) is 17.5 Å². The number of ether oxygens (including phenoxy) is 1. The van der Waals surface area contributed by atoms with Gasteiger partial charge in [0, 0.05) is 0 Å². The van der Waals surface area contributed by atoms with Crippen LogP contribution < -0.4 is 0 Å². The maximum atomic E-state index is 11.9. The first-order valence-corrected chi connectivity index (χ1v) is 6.47. The Balaban J connectivity index is 2.30. The Morgan fingerprint density at radius 1 is 1.53 bits per heavy atom. The van der Waals surface area contributed by atoms with Crippen molar-refractivity contribution in [3.63, 3.8) is 0 Å². The van der Waals surface area contributed by atoms with E-state index >= 15 is 0 Å². The quantitative estimate of drug-likeness (QED) is 0.632. The van der Waals surface area contributed by atoms with Crippen molar-refractivity contribution >= 4 is 39.3 Å². The lowest BCUT2D eigenvalue weighted by Crippen LogP contribution is -2.07. The number of fused-ring (bicyclic) bond motifs is 1. The van der Waals surface area contributed by atoms with Crippen LogP contribution in [0.4, 0.5) is 0 Å². The molecule has 0 spiro atoms. The minimum atomic E-state index is -0.429. The Labute approximate surface area is 108 Å². The third-order valence-corrected chi connectivity index (χ3v) is 3.31. The fourth-order valence-electron chi connectivity index (χ4n) is 1.40. The maximum Gasteiger partial charge on any atom is 0.341 e.